The van der Waals surface area contributed by atoms with Crippen LogP contribution in [-0.2, 0) is 6.54 Å². The van der Waals surface area contributed by atoms with Crippen LogP contribution < -0.4 is 0 Å². The van der Waals surface area contributed by atoms with Gasteiger partial charge in [0.1, 0.15) is 11.6 Å². The highest BCUT2D eigenvalue weighted by Crippen LogP contribution is 2.30. The van der Waals surface area contributed by atoms with Gasteiger partial charge in [-0.05, 0) is 56.2 Å². The molecular formula is C25H28F2N4. The third kappa shape index (κ3) is 4.97. The summed E-state index contributed by atoms with van der Waals surface area (Å²) in [6.45, 7) is 10.3. The Morgan fingerprint density at radius 1 is 0.710 bits per heavy atom. The smallest absolute Gasteiger partial charge is 0.123 e. The van der Waals surface area contributed by atoms with Crippen molar-refractivity contribution in [3.05, 3.63) is 94.1 Å². The average molecular weight is 423 g/mol. The van der Waals surface area contributed by atoms with Crippen molar-refractivity contribution in [2.24, 2.45) is 0 Å². The third-order valence-corrected chi connectivity index (χ3v) is 6.10. The van der Waals surface area contributed by atoms with E-state index in [4.69, 9.17) is 4.98 Å². The van der Waals surface area contributed by atoms with E-state index in [2.05, 4.69) is 14.8 Å². The maximum atomic E-state index is 13.5. The molecule has 1 saturated heterocycles. The summed E-state index contributed by atoms with van der Waals surface area (Å²) in [6.07, 6.45) is 0. The molecule has 0 bridgehead atoms. The Bertz CT molecular complexity index is 981. The molecule has 4 nitrogen and oxygen atoms in total. The zero-order chi connectivity index (χ0) is 22.0. The summed E-state index contributed by atoms with van der Waals surface area (Å²) in [5, 5.41) is 0. The van der Waals surface area contributed by atoms with E-state index in [0.717, 1.165) is 66.6 Å². The molecule has 1 aliphatic rings. The molecule has 0 N–H and O–H groups in total. The number of rotatable bonds is 5. The van der Waals surface area contributed by atoms with E-state index >= 15 is 0 Å². The fourth-order valence-corrected chi connectivity index (χ4v) is 4.21. The van der Waals surface area contributed by atoms with Crippen LogP contribution >= 0.6 is 0 Å². The molecule has 6 heteroatoms. The van der Waals surface area contributed by atoms with Gasteiger partial charge in [-0.25, -0.2) is 8.78 Å². The van der Waals surface area contributed by atoms with Crippen molar-refractivity contribution in [3.8, 4) is 0 Å². The Balaban J connectivity index is 1.50. The lowest BCUT2D eigenvalue weighted by Gasteiger charge is -2.39. The maximum Gasteiger partial charge on any atom is 0.123 e. The second kappa shape index (κ2) is 9.20. The first kappa shape index (κ1) is 21.5. The number of piperazine rings is 1. The van der Waals surface area contributed by atoms with E-state index in [1.165, 1.54) is 24.3 Å². The van der Waals surface area contributed by atoms with Crippen LogP contribution in [0.25, 0.3) is 0 Å². The number of hydrogen-bond donors (Lipinski definition) is 0. The molecule has 1 fully saturated rings. The molecule has 4 rings (SSSR count). The Labute approximate surface area is 182 Å². The number of halogens is 2. The summed E-state index contributed by atoms with van der Waals surface area (Å²) < 4.78 is 27.0. The van der Waals surface area contributed by atoms with E-state index in [1.54, 1.807) is 0 Å². The standard InChI is InChI=1S/C25H28F2N4/c1-17-18(2)29-24(19(3)28-17)16-30-12-14-31(15-13-30)25(20-4-8-22(26)9-5-20)21-6-10-23(27)11-7-21/h4-11,25H,12-16H2,1-3H3. The summed E-state index contributed by atoms with van der Waals surface area (Å²) in [6, 6.07) is 13.2. The molecule has 3 aromatic rings. The van der Waals surface area contributed by atoms with Crippen LogP contribution in [0.4, 0.5) is 8.78 Å². The van der Waals surface area contributed by atoms with Crippen molar-refractivity contribution in [1.82, 2.24) is 19.8 Å². The second-order valence-corrected chi connectivity index (χ2v) is 8.24. The van der Waals surface area contributed by atoms with E-state index in [0.29, 0.717) is 0 Å². The van der Waals surface area contributed by atoms with Crippen molar-refractivity contribution >= 4 is 0 Å². The normalized spacial score (nSPS) is 15.5. The average Bonchev–Trinajstić information content (AvgIpc) is 2.76. The van der Waals surface area contributed by atoms with Crippen LogP contribution in [0.15, 0.2) is 48.5 Å². The van der Waals surface area contributed by atoms with Gasteiger partial charge in [-0.2, -0.15) is 0 Å². The lowest BCUT2D eigenvalue weighted by atomic mass is 9.96. The van der Waals surface area contributed by atoms with Crippen LogP contribution in [0.1, 0.15) is 39.9 Å². The van der Waals surface area contributed by atoms with Gasteiger partial charge in [0, 0.05) is 32.7 Å². The van der Waals surface area contributed by atoms with Gasteiger partial charge >= 0.3 is 0 Å². The van der Waals surface area contributed by atoms with Gasteiger partial charge in [-0.3, -0.25) is 19.8 Å². The van der Waals surface area contributed by atoms with Crippen LogP contribution in [0.5, 0.6) is 0 Å². The SMILES string of the molecule is Cc1nc(C)c(CN2CCN(C(c3ccc(F)cc3)c3ccc(F)cc3)CC2)nc1C. The topological polar surface area (TPSA) is 32.3 Å². The predicted molar refractivity (Wildman–Crippen MR) is 118 cm³/mol. The Morgan fingerprint density at radius 3 is 1.71 bits per heavy atom. The number of benzene rings is 2. The summed E-state index contributed by atoms with van der Waals surface area (Å²) in [5.74, 6) is -0.507. The lowest BCUT2D eigenvalue weighted by molar-refractivity contribution is 0.103. The summed E-state index contributed by atoms with van der Waals surface area (Å²) in [4.78, 5) is 14.1. The second-order valence-electron chi connectivity index (χ2n) is 8.24. The molecule has 1 aliphatic heterocycles. The molecule has 2 aromatic carbocycles. The van der Waals surface area contributed by atoms with E-state index < -0.39 is 0 Å². The maximum absolute atomic E-state index is 13.5. The zero-order valence-electron chi connectivity index (χ0n) is 18.3. The molecule has 31 heavy (non-hydrogen) atoms. The van der Waals surface area contributed by atoms with Gasteiger partial charge in [-0.15, -0.1) is 0 Å². The first-order valence-electron chi connectivity index (χ1n) is 10.7. The van der Waals surface area contributed by atoms with Crippen molar-refractivity contribution in [3.63, 3.8) is 0 Å². The zero-order valence-corrected chi connectivity index (χ0v) is 18.3. The molecule has 0 saturated carbocycles. The fraction of sp³-hybridized carbons (Fsp3) is 0.360. The summed E-state index contributed by atoms with van der Waals surface area (Å²) >= 11 is 0. The largest absolute Gasteiger partial charge is 0.295 e. The van der Waals surface area contributed by atoms with E-state index in [9.17, 15) is 8.78 Å². The van der Waals surface area contributed by atoms with E-state index in [1.807, 2.05) is 45.0 Å². The molecule has 0 atom stereocenters. The molecule has 0 amide bonds. The minimum Gasteiger partial charge on any atom is -0.295 e. The molecule has 0 radical (unpaired) electrons. The Morgan fingerprint density at radius 2 is 1.19 bits per heavy atom. The molecule has 0 unspecified atom stereocenters. The van der Waals surface area contributed by atoms with Crippen LogP contribution in [-0.4, -0.2) is 45.9 Å². The molecule has 0 aliphatic carbocycles. The Kier molecular flexibility index (Phi) is 6.39. The van der Waals surface area contributed by atoms with Crippen molar-refractivity contribution in [1.29, 1.82) is 0 Å². The molecule has 1 aromatic heterocycles. The van der Waals surface area contributed by atoms with Gasteiger partial charge in [0.15, 0.2) is 0 Å². The van der Waals surface area contributed by atoms with Gasteiger partial charge in [0.05, 0.1) is 28.8 Å². The van der Waals surface area contributed by atoms with Gasteiger partial charge in [0.25, 0.3) is 0 Å². The monoisotopic (exact) mass is 422 g/mol. The molecule has 162 valence electrons. The first-order chi connectivity index (χ1) is 14.9. The minimum absolute atomic E-state index is 0.0357. The molecular weight excluding hydrogens is 394 g/mol. The van der Waals surface area contributed by atoms with Crippen molar-refractivity contribution in [2.75, 3.05) is 26.2 Å². The predicted octanol–water partition coefficient (Wildman–Crippen LogP) is 4.59. The fourth-order valence-electron chi connectivity index (χ4n) is 4.21. The number of nitrogens with zero attached hydrogens (tertiary/aromatic N) is 4. The van der Waals surface area contributed by atoms with Crippen LogP contribution in [0, 0.1) is 32.4 Å². The van der Waals surface area contributed by atoms with Crippen molar-refractivity contribution < 1.29 is 8.78 Å². The summed E-state index contributed by atoms with van der Waals surface area (Å²) in [5.41, 5.74) is 6.00. The first-order valence-corrected chi connectivity index (χ1v) is 10.7. The van der Waals surface area contributed by atoms with Gasteiger partial charge in [0.2, 0.25) is 0 Å². The van der Waals surface area contributed by atoms with Crippen LogP contribution in [0.2, 0.25) is 0 Å². The number of hydrogen-bond acceptors (Lipinski definition) is 4. The summed E-state index contributed by atoms with van der Waals surface area (Å²) in [7, 11) is 0. The quantitative estimate of drug-likeness (QED) is 0.602. The van der Waals surface area contributed by atoms with E-state index in [-0.39, 0.29) is 17.7 Å². The highest BCUT2D eigenvalue weighted by Gasteiger charge is 2.27. The van der Waals surface area contributed by atoms with Crippen LogP contribution in [0.3, 0.4) is 0 Å². The van der Waals surface area contributed by atoms with Gasteiger partial charge < -0.3 is 0 Å². The molecule has 2 heterocycles. The number of aromatic nitrogens is 2. The third-order valence-electron chi connectivity index (χ3n) is 6.10. The minimum atomic E-state index is -0.253. The lowest BCUT2D eigenvalue weighted by Crippen LogP contribution is -2.47. The Hall–Kier alpha value is -2.70. The highest BCUT2D eigenvalue weighted by atomic mass is 19.1. The van der Waals surface area contributed by atoms with Crippen molar-refractivity contribution in [2.45, 2.75) is 33.4 Å². The molecule has 0 spiro atoms. The van der Waals surface area contributed by atoms with Gasteiger partial charge in [-0.1, -0.05) is 24.3 Å². The highest BCUT2D eigenvalue weighted by molar-refractivity contribution is 5.32. The number of aryl methyl sites for hydroxylation is 3.